The van der Waals surface area contributed by atoms with E-state index in [1.54, 1.807) is 0 Å². The van der Waals surface area contributed by atoms with Crippen LogP contribution in [0.2, 0.25) is 0 Å². The van der Waals surface area contributed by atoms with Crippen molar-refractivity contribution in [1.82, 2.24) is 0 Å². The van der Waals surface area contributed by atoms with E-state index in [-0.39, 0.29) is 11.3 Å². The van der Waals surface area contributed by atoms with Gasteiger partial charge >= 0.3 is 6.18 Å². The van der Waals surface area contributed by atoms with Crippen LogP contribution in [0.5, 0.6) is 5.75 Å². The van der Waals surface area contributed by atoms with E-state index in [1.807, 2.05) is 5.92 Å². The van der Waals surface area contributed by atoms with Crippen LogP contribution in [0, 0.1) is 17.7 Å². The third-order valence-electron chi connectivity index (χ3n) is 2.95. The summed E-state index contributed by atoms with van der Waals surface area (Å²) in [6.07, 6.45) is -4.60. The van der Waals surface area contributed by atoms with Crippen LogP contribution < -0.4 is 10.1 Å². The van der Waals surface area contributed by atoms with E-state index in [1.165, 1.54) is 49.6 Å². The van der Waals surface area contributed by atoms with Gasteiger partial charge in [-0.15, -0.1) is 0 Å². The number of anilines is 1. The zero-order valence-corrected chi connectivity index (χ0v) is 12.1. The van der Waals surface area contributed by atoms with Crippen LogP contribution in [-0.2, 0) is 0 Å². The Labute approximate surface area is 131 Å². The zero-order valence-electron chi connectivity index (χ0n) is 12.1. The molecule has 0 aromatic heterocycles. The molecule has 2 rings (SSSR count). The standard InChI is InChI=1S/C17H13F4NO/c1-23-14-9-7-13(8-10-14)22-16(17(19,20)21)11-6-12-4-2-3-5-15(12)18/h2-5,7-10,16,22H,1H3/t16-/m1/s1. The second kappa shape index (κ2) is 7.05. The van der Waals surface area contributed by atoms with Crippen LogP contribution >= 0.6 is 0 Å². The first-order chi connectivity index (χ1) is 10.9. The molecular weight excluding hydrogens is 310 g/mol. The molecule has 0 saturated carbocycles. The summed E-state index contributed by atoms with van der Waals surface area (Å²) in [5.74, 6) is 4.13. The lowest BCUT2D eigenvalue weighted by molar-refractivity contribution is -0.130. The normalized spacial score (nSPS) is 12.0. The van der Waals surface area contributed by atoms with Crippen molar-refractivity contribution in [1.29, 1.82) is 0 Å². The molecule has 0 saturated heterocycles. The smallest absolute Gasteiger partial charge is 0.420 e. The topological polar surface area (TPSA) is 21.3 Å². The highest BCUT2D eigenvalue weighted by Crippen LogP contribution is 2.24. The number of rotatable bonds is 3. The van der Waals surface area contributed by atoms with Gasteiger partial charge < -0.3 is 10.1 Å². The van der Waals surface area contributed by atoms with Gasteiger partial charge in [0, 0.05) is 5.69 Å². The number of benzene rings is 2. The molecule has 0 amide bonds. The Hall–Kier alpha value is -2.68. The maximum Gasteiger partial charge on any atom is 0.420 e. The number of ether oxygens (including phenoxy) is 1. The van der Waals surface area contributed by atoms with Gasteiger partial charge in [-0.1, -0.05) is 24.0 Å². The second-order valence-corrected chi connectivity index (χ2v) is 4.60. The van der Waals surface area contributed by atoms with E-state index in [4.69, 9.17) is 4.74 Å². The minimum atomic E-state index is -4.60. The molecular formula is C17H13F4NO. The Bertz CT molecular complexity index is 714. The van der Waals surface area contributed by atoms with E-state index < -0.39 is 18.0 Å². The monoisotopic (exact) mass is 323 g/mol. The Morgan fingerprint density at radius 3 is 2.26 bits per heavy atom. The lowest BCUT2D eigenvalue weighted by Crippen LogP contribution is -2.34. The van der Waals surface area contributed by atoms with Gasteiger partial charge in [-0.3, -0.25) is 0 Å². The molecule has 2 aromatic carbocycles. The van der Waals surface area contributed by atoms with Gasteiger partial charge in [0.05, 0.1) is 12.7 Å². The average Bonchev–Trinajstić information content (AvgIpc) is 2.52. The fourth-order valence-corrected chi connectivity index (χ4v) is 1.77. The van der Waals surface area contributed by atoms with E-state index in [0.717, 1.165) is 6.07 Å². The first-order valence-corrected chi connectivity index (χ1v) is 6.63. The van der Waals surface area contributed by atoms with Gasteiger partial charge in [0.1, 0.15) is 11.6 Å². The molecule has 2 nitrogen and oxygen atoms in total. The van der Waals surface area contributed by atoms with E-state index >= 15 is 0 Å². The lowest BCUT2D eigenvalue weighted by atomic mass is 10.2. The molecule has 23 heavy (non-hydrogen) atoms. The minimum absolute atomic E-state index is 0.0849. The third kappa shape index (κ3) is 4.65. The van der Waals surface area contributed by atoms with Crippen molar-refractivity contribution in [2.45, 2.75) is 12.2 Å². The van der Waals surface area contributed by atoms with Crippen molar-refractivity contribution < 1.29 is 22.3 Å². The molecule has 0 radical (unpaired) electrons. The predicted molar refractivity (Wildman–Crippen MR) is 79.7 cm³/mol. The van der Waals surface area contributed by atoms with Crippen LogP contribution in [-0.4, -0.2) is 19.3 Å². The maximum absolute atomic E-state index is 13.4. The Morgan fingerprint density at radius 1 is 1.04 bits per heavy atom. The van der Waals surface area contributed by atoms with Crippen molar-refractivity contribution in [3.8, 4) is 17.6 Å². The summed E-state index contributed by atoms with van der Waals surface area (Å²) in [4.78, 5) is 0. The highest BCUT2D eigenvalue weighted by atomic mass is 19.4. The summed E-state index contributed by atoms with van der Waals surface area (Å²) in [6, 6.07) is 9.25. The van der Waals surface area contributed by atoms with Gasteiger partial charge in [0.15, 0.2) is 6.04 Å². The lowest BCUT2D eigenvalue weighted by Gasteiger charge is -2.17. The largest absolute Gasteiger partial charge is 0.497 e. The first-order valence-electron chi connectivity index (χ1n) is 6.63. The van der Waals surface area contributed by atoms with Crippen molar-refractivity contribution >= 4 is 5.69 Å². The number of methoxy groups -OCH3 is 1. The highest BCUT2D eigenvalue weighted by Gasteiger charge is 2.38. The van der Waals surface area contributed by atoms with Crippen LogP contribution in [0.25, 0.3) is 0 Å². The molecule has 0 aliphatic heterocycles. The summed E-state index contributed by atoms with van der Waals surface area (Å²) in [5.41, 5.74) is 0.147. The van der Waals surface area contributed by atoms with E-state index in [9.17, 15) is 17.6 Å². The van der Waals surface area contributed by atoms with E-state index in [0.29, 0.717) is 5.75 Å². The van der Waals surface area contributed by atoms with Crippen LogP contribution in [0.15, 0.2) is 48.5 Å². The van der Waals surface area contributed by atoms with Gasteiger partial charge in [0.25, 0.3) is 0 Å². The van der Waals surface area contributed by atoms with Gasteiger partial charge in [0.2, 0.25) is 0 Å². The van der Waals surface area contributed by atoms with E-state index in [2.05, 4.69) is 11.2 Å². The molecule has 0 spiro atoms. The fourth-order valence-electron chi connectivity index (χ4n) is 1.77. The van der Waals surface area contributed by atoms with Crippen molar-refractivity contribution in [3.63, 3.8) is 0 Å². The number of nitrogens with one attached hydrogen (secondary N) is 1. The molecule has 0 bridgehead atoms. The predicted octanol–water partition coefficient (Wildman–Crippen LogP) is 4.23. The molecule has 0 unspecified atom stereocenters. The quantitative estimate of drug-likeness (QED) is 0.674. The zero-order chi connectivity index (χ0) is 16.9. The fraction of sp³-hybridized carbons (Fsp3) is 0.176. The maximum atomic E-state index is 13.4. The van der Waals surface area contributed by atoms with Crippen LogP contribution in [0.1, 0.15) is 5.56 Å². The summed E-state index contributed by atoms with van der Waals surface area (Å²) in [5, 5.41) is 2.28. The summed E-state index contributed by atoms with van der Waals surface area (Å²) >= 11 is 0. The molecule has 0 aliphatic carbocycles. The Balaban J connectivity index is 2.23. The van der Waals surface area contributed by atoms with Gasteiger partial charge in [-0.25, -0.2) is 4.39 Å². The molecule has 120 valence electrons. The number of hydrogen-bond donors (Lipinski definition) is 1. The molecule has 1 N–H and O–H groups in total. The molecule has 6 heteroatoms. The first kappa shape index (κ1) is 16.7. The SMILES string of the molecule is COc1ccc(N[C@H](C#Cc2ccccc2F)C(F)(F)F)cc1. The number of hydrogen-bond acceptors (Lipinski definition) is 2. The molecule has 2 aromatic rings. The van der Waals surface area contributed by atoms with Gasteiger partial charge in [-0.05, 0) is 36.4 Å². The van der Waals surface area contributed by atoms with Crippen molar-refractivity contribution in [2.75, 3.05) is 12.4 Å². The minimum Gasteiger partial charge on any atom is -0.497 e. The Morgan fingerprint density at radius 2 is 1.70 bits per heavy atom. The summed E-state index contributed by atoms with van der Waals surface area (Å²) in [7, 11) is 1.46. The number of halogens is 4. The average molecular weight is 323 g/mol. The van der Waals surface area contributed by atoms with Crippen molar-refractivity contribution in [2.24, 2.45) is 0 Å². The van der Waals surface area contributed by atoms with Crippen LogP contribution in [0.3, 0.4) is 0 Å². The molecule has 0 fully saturated rings. The third-order valence-corrected chi connectivity index (χ3v) is 2.95. The molecule has 0 heterocycles. The Kier molecular flexibility index (Phi) is 5.12. The summed E-state index contributed by atoms with van der Waals surface area (Å²) in [6.45, 7) is 0. The molecule has 1 atom stereocenters. The highest BCUT2D eigenvalue weighted by molar-refractivity contribution is 5.49. The van der Waals surface area contributed by atoms with Crippen LogP contribution in [0.4, 0.5) is 23.2 Å². The second-order valence-electron chi connectivity index (χ2n) is 4.60. The van der Waals surface area contributed by atoms with Crippen molar-refractivity contribution in [3.05, 3.63) is 59.9 Å². The van der Waals surface area contributed by atoms with Gasteiger partial charge in [-0.2, -0.15) is 13.2 Å². The number of alkyl halides is 3. The summed E-state index contributed by atoms with van der Waals surface area (Å²) < 4.78 is 57.6. The molecule has 0 aliphatic rings.